The molecule has 0 amide bonds. The van der Waals surface area contributed by atoms with Crippen molar-refractivity contribution < 1.29 is 0 Å². The normalized spacial score (nSPS) is 25.9. The van der Waals surface area contributed by atoms with Gasteiger partial charge in [0.1, 0.15) is 5.82 Å². The Labute approximate surface area is 109 Å². The second kappa shape index (κ2) is 4.90. The number of pyridine rings is 1. The van der Waals surface area contributed by atoms with E-state index < -0.39 is 0 Å². The summed E-state index contributed by atoms with van der Waals surface area (Å²) in [5, 5.41) is 4.16. The van der Waals surface area contributed by atoms with Crippen molar-refractivity contribution in [3.8, 4) is 0 Å². The highest BCUT2D eigenvalue weighted by Gasteiger charge is 2.23. The standard InChI is InChI=1S/C11H15BrClN3/c1-7-5-16(6-8(2)15-7)11-10(12)3-9(13)4-14-11/h3-4,7-8,15H,5-6H2,1-2H3. The van der Waals surface area contributed by atoms with Gasteiger partial charge in [-0.3, -0.25) is 0 Å². The lowest BCUT2D eigenvalue weighted by atomic mass is 10.1. The molecule has 0 saturated carbocycles. The molecule has 3 nitrogen and oxygen atoms in total. The minimum Gasteiger partial charge on any atom is -0.353 e. The molecule has 0 aliphatic carbocycles. The van der Waals surface area contributed by atoms with Crippen molar-refractivity contribution in [2.75, 3.05) is 18.0 Å². The minimum atomic E-state index is 0.480. The van der Waals surface area contributed by atoms with E-state index in [1.807, 2.05) is 6.07 Å². The molecule has 1 aromatic rings. The van der Waals surface area contributed by atoms with Gasteiger partial charge in [-0.05, 0) is 35.8 Å². The Balaban J connectivity index is 2.23. The van der Waals surface area contributed by atoms with E-state index in [-0.39, 0.29) is 0 Å². The van der Waals surface area contributed by atoms with Crippen molar-refractivity contribution in [3.63, 3.8) is 0 Å². The second-order valence-electron chi connectivity index (χ2n) is 4.33. The van der Waals surface area contributed by atoms with Crippen LogP contribution in [0.3, 0.4) is 0 Å². The Kier molecular flexibility index (Phi) is 3.72. The number of nitrogens with one attached hydrogen (secondary N) is 1. The van der Waals surface area contributed by atoms with Gasteiger partial charge in [-0.2, -0.15) is 0 Å². The summed E-state index contributed by atoms with van der Waals surface area (Å²) in [5.41, 5.74) is 0. The van der Waals surface area contributed by atoms with Gasteiger partial charge in [0.15, 0.2) is 0 Å². The molecule has 2 unspecified atom stereocenters. The number of aromatic nitrogens is 1. The Morgan fingerprint density at radius 3 is 2.62 bits per heavy atom. The molecule has 0 aromatic carbocycles. The average Bonchev–Trinajstić information content (AvgIpc) is 2.15. The van der Waals surface area contributed by atoms with Crippen molar-refractivity contribution in [1.82, 2.24) is 10.3 Å². The molecule has 1 aliphatic rings. The summed E-state index contributed by atoms with van der Waals surface area (Å²) < 4.78 is 0.960. The summed E-state index contributed by atoms with van der Waals surface area (Å²) in [7, 11) is 0. The lowest BCUT2D eigenvalue weighted by Crippen LogP contribution is -2.54. The third-order valence-corrected chi connectivity index (χ3v) is 3.44. The Bertz CT molecular complexity index is 375. The molecule has 1 saturated heterocycles. The quantitative estimate of drug-likeness (QED) is 0.864. The number of nitrogens with zero attached hydrogens (tertiary/aromatic N) is 2. The first-order chi connectivity index (χ1) is 7.56. The van der Waals surface area contributed by atoms with Crippen molar-refractivity contribution in [2.24, 2.45) is 0 Å². The molecular formula is C11H15BrClN3. The molecule has 1 N–H and O–H groups in total. The summed E-state index contributed by atoms with van der Waals surface area (Å²) in [6.45, 7) is 6.31. The number of hydrogen-bond donors (Lipinski definition) is 1. The molecule has 1 aliphatic heterocycles. The van der Waals surface area contributed by atoms with Gasteiger partial charge in [0, 0.05) is 31.4 Å². The lowest BCUT2D eigenvalue weighted by Gasteiger charge is -2.37. The highest BCUT2D eigenvalue weighted by Crippen LogP contribution is 2.27. The van der Waals surface area contributed by atoms with Crippen molar-refractivity contribution in [2.45, 2.75) is 25.9 Å². The van der Waals surface area contributed by atoms with Gasteiger partial charge < -0.3 is 10.2 Å². The van der Waals surface area contributed by atoms with Crippen LogP contribution in [0.25, 0.3) is 0 Å². The maximum atomic E-state index is 5.89. The van der Waals surface area contributed by atoms with E-state index in [0.29, 0.717) is 17.1 Å². The van der Waals surface area contributed by atoms with Crippen molar-refractivity contribution >= 4 is 33.3 Å². The molecule has 1 fully saturated rings. The third-order valence-electron chi connectivity index (χ3n) is 2.65. The van der Waals surface area contributed by atoms with E-state index in [9.17, 15) is 0 Å². The monoisotopic (exact) mass is 303 g/mol. The van der Waals surface area contributed by atoms with E-state index in [2.05, 4.69) is 45.0 Å². The fourth-order valence-electron chi connectivity index (χ4n) is 2.14. The number of piperazine rings is 1. The molecule has 0 bridgehead atoms. The molecule has 5 heteroatoms. The highest BCUT2D eigenvalue weighted by molar-refractivity contribution is 9.10. The summed E-state index contributed by atoms with van der Waals surface area (Å²) in [4.78, 5) is 6.67. The number of rotatable bonds is 1. The molecule has 2 heterocycles. The number of hydrogen-bond acceptors (Lipinski definition) is 3. The maximum absolute atomic E-state index is 5.89. The van der Waals surface area contributed by atoms with Crippen LogP contribution in [0.1, 0.15) is 13.8 Å². The van der Waals surface area contributed by atoms with Crippen molar-refractivity contribution in [3.05, 3.63) is 21.8 Å². The summed E-state index contributed by atoms with van der Waals surface area (Å²) >= 11 is 9.40. The van der Waals surface area contributed by atoms with Crippen LogP contribution in [0, 0.1) is 0 Å². The fourth-order valence-corrected chi connectivity index (χ4v) is 3.03. The largest absolute Gasteiger partial charge is 0.353 e. The predicted octanol–water partition coefficient (Wildman–Crippen LogP) is 2.68. The first-order valence-electron chi connectivity index (χ1n) is 5.38. The minimum absolute atomic E-state index is 0.480. The van der Waals surface area contributed by atoms with E-state index in [1.165, 1.54) is 0 Å². The van der Waals surface area contributed by atoms with Crippen LogP contribution in [0.15, 0.2) is 16.7 Å². The first kappa shape index (κ1) is 12.1. The zero-order valence-corrected chi connectivity index (χ0v) is 11.7. The molecule has 16 heavy (non-hydrogen) atoms. The predicted molar refractivity (Wildman–Crippen MR) is 71.2 cm³/mol. The van der Waals surface area contributed by atoms with Crippen LogP contribution in [0.2, 0.25) is 5.02 Å². The molecule has 0 spiro atoms. The molecule has 1 aromatic heterocycles. The zero-order chi connectivity index (χ0) is 11.7. The first-order valence-corrected chi connectivity index (χ1v) is 6.55. The Morgan fingerprint density at radius 1 is 1.44 bits per heavy atom. The van der Waals surface area contributed by atoms with Gasteiger partial charge in [0.05, 0.1) is 9.50 Å². The Morgan fingerprint density at radius 2 is 2.06 bits per heavy atom. The van der Waals surface area contributed by atoms with Crippen LogP contribution in [-0.4, -0.2) is 30.2 Å². The third kappa shape index (κ3) is 2.67. The topological polar surface area (TPSA) is 28.2 Å². The fraction of sp³-hybridized carbons (Fsp3) is 0.545. The smallest absolute Gasteiger partial charge is 0.143 e. The second-order valence-corrected chi connectivity index (χ2v) is 5.62. The SMILES string of the molecule is CC1CN(c2ncc(Cl)cc2Br)CC(C)N1. The van der Waals surface area contributed by atoms with Crippen LogP contribution in [-0.2, 0) is 0 Å². The number of halogens is 2. The van der Waals surface area contributed by atoms with E-state index in [4.69, 9.17) is 11.6 Å². The van der Waals surface area contributed by atoms with Gasteiger partial charge in [-0.1, -0.05) is 11.6 Å². The van der Waals surface area contributed by atoms with Gasteiger partial charge in [0.25, 0.3) is 0 Å². The van der Waals surface area contributed by atoms with Crippen molar-refractivity contribution in [1.29, 1.82) is 0 Å². The van der Waals surface area contributed by atoms with Gasteiger partial charge in [0.2, 0.25) is 0 Å². The van der Waals surface area contributed by atoms with E-state index >= 15 is 0 Å². The van der Waals surface area contributed by atoms with Gasteiger partial charge >= 0.3 is 0 Å². The van der Waals surface area contributed by atoms with Crippen LogP contribution >= 0.6 is 27.5 Å². The molecule has 0 radical (unpaired) electrons. The zero-order valence-electron chi connectivity index (χ0n) is 9.37. The van der Waals surface area contributed by atoms with Gasteiger partial charge in [-0.15, -0.1) is 0 Å². The van der Waals surface area contributed by atoms with Crippen LogP contribution in [0.5, 0.6) is 0 Å². The summed E-state index contributed by atoms with van der Waals surface area (Å²) in [6.07, 6.45) is 1.69. The van der Waals surface area contributed by atoms with Gasteiger partial charge in [-0.25, -0.2) is 4.98 Å². The highest BCUT2D eigenvalue weighted by atomic mass is 79.9. The average molecular weight is 305 g/mol. The van der Waals surface area contributed by atoms with Crippen LogP contribution < -0.4 is 10.2 Å². The molecular weight excluding hydrogens is 289 g/mol. The number of anilines is 1. The lowest BCUT2D eigenvalue weighted by molar-refractivity contribution is 0.405. The molecule has 2 rings (SSSR count). The summed E-state index contributed by atoms with van der Waals surface area (Å²) in [5.74, 6) is 0.976. The maximum Gasteiger partial charge on any atom is 0.143 e. The Hall–Kier alpha value is -0.320. The summed E-state index contributed by atoms with van der Waals surface area (Å²) in [6, 6.07) is 2.85. The molecule has 2 atom stereocenters. The van der Waals surface area contributed by atoms with Crippen LogP contribution in [0.4, 0.5) is 5.82 Å². The van der Waals surface area contributed by atoms with E-state index in [1.54, 1.807) is 6.20 Å². The molecule has 88 valence electrons. The van der Waals surface area contributed by atoms with E-state index in [0.717, 1.165) is 23.4 Å².